The zero-order chi connectivity index (χ0) is 8.27. The van der Waals surface area contributed by atoms with Gasteiger partial charge in [0.2, 0.25) is 0 Å². The van der Waals surface area contributed by atoms with Gasteiger partial charge in [0.15, 0.2) is 0 Å². The molecule has 3 N–H and O–H groups in total. The molecule has 0 bridgehead atoms. The maximum atomic E-state index is 12.0. The van der Waals surface area contributed by atoms with Crippen molar-refractivity contribution in [3.63, 3.8) is 0 Å². The van der Waals surface area contributed by atoms with Gasteiger partial charge in [-0.3, -0.25) is 0 Å². The molecule has 0 radical (unpaired) electrons. The van der Waals surface area contributed by atoms with Crippen LogP contribution < -0.4 is 5.73 Å². The van der Waals surface area contributed by atoms with Gasteiger partial charge < -0.3 is 10.8 Å². The lowest BCUT2D eigenvalue weighted by Gasteiger charge is -2.06. The van der Waals surface area contributed by atoms with Crippen LogP contribution in [0.15, 0.2) is 24.3 Å². The molecule has 0 saturated carbocycles. The second-order valence-corrected chi connectivity index (χ2v) is 2.36. The zero-order valence-corrected chi connectivity index (χ0v) is 7.22. The van der Waals surface area contributed by atoms with Crippen LogP contribution in [0.4, 0.5) is 4.39 Å². The Bertz CT molecular complexity index is 244. The predicted molar refractivity (Wildman–Crippen MR) is 48.3 cm³/mol. The van der Waals surface area contributed by atoms with Gasteiger partial charge in [-0.1, -0.05) is 12.1 Å². The maximum Gasteiger partial charge on any atom is 0.115 e. The first-order valence-corrected chi connectivity index (χ1v) is 3.34. The molecular weight excluding hydrogens is 181 g/mol. The van der Waals surface area contributed by atoms with E-state index in [1.165, 1.54) is 12.1 Å². The van der Waals surface area contributed by atoms with Crippen LogP contribution in [-0.2, 0) is 0 Å². The van der Waals surface area contributed by atoms with Crippen molar-refractivity contribution in [1.82, 2.24) is 0 Å². The highest BCUT2D eigenvalue weighted by atomic mass is 35.5. The minimum atomic E-state index is -0.623. The summed E-state index contributed by atoms with van der Waals surface area (Å²) < 4.78 is 12.0. The van der Waals surface area contributed by atoms with Gasteiger partial charge in [-0.2, -0.15) is 0 Å². The number of benzene rings is 1. The normalized spacial score (nSPS) is 11.8. The van der Waals surface area contributed by atoms with Crippen LogP contribution in [0.1, 0.15) is 11.6 Å². The highest BCUT2D eigenvalue weighted by Crippen LogP contribution is 2.16. The summed E-state index contributed by atoms with van der Waals surface area (Å²) in [6.07, 6.45) is 0. The standard InChI is InChI=1S/C8H10FNO.ClH/c9-5-8(10)6-2-1-3-7(11)4-6;/h1-4,8,11H,5,10H2;1H/t8-;/m0./s1. The van der Waals surface area contributed by atoms with Gasteiger partial charge in [-0.05, 0) is 17.7 Å². The largest absolute Gasteiger partial charge is 0.508 e. The molecule has 2 nitrogen and oxygen atoms in total. The Labute approximate surface area is 76.6 Å². The third-order valence-electron chi connectivity index (χ3n) is 1.46. The number of halogens is 2. The molecule has 4 heteroatoms. The fraction of sp³-hybridized carbons (Fsp3) is 0.250. The fourth-order valence-corrected chi connectivity index (χ4v) is 0.845. The molecule has 0 fully saturated rings. The van der Waals surface area contributed by atoms with Gasteiger partial charge in [0.25, 0.3) is 0 Å². The van der Waals surface area contributed by atoms with Gasteiger partial charge in [-0.25, -0.2) is 4.39 Å². The summed E-state index contributed by atoms with van der Waals surface area (Å²) in [5.41, 5.74) is 6.00. The van der Waals surface area contributed by atoms with E-state index in [4.69, 9.17) is 10.8 Å². The second-order valence-electron chi connectivity index (χ2n) is 2.36. The average Bonchev–Trinajstić information content (AvgIpc) is 2.03. The summed E-state index contributed by atoms with van der Waals surface area (Å²) in [6.45, 7) is -0.608. The lowest BCUT2D eigenvalue weighted by molar-refractivity contribution is 0.434. The topological polar surface area (TPSA) is 46.2 Å². The minimum Gasteiger partial charge on any atom is -0.508 e. The molecule has 0 saturated heterocycles. The van der Waals surface area contributed by atoms with Crippen LogP contribution in [0.3, 0.4) is 0 Å². The Morgan fingerprint density at radius 3 is 2.67 bits per heavy atom. The van der Waals surface area contributed by atoms with Crippen molar-refractivity contribution in [2.45, 2.75) is 6.04 Å². The second kappa shape index (κ2) is 4.95. The zero-order valence-electron chi connectivity index (χ0n) is 6.40. The Morgan fingerprint density at radius 1 is 1.50 bits per heavy atom. The number of rotatable bonds is 2. The fourth-order valence-electron chi connectivity index (χ4n) is 0.845. The highest BCUT2D eigenvalue weighted by Gasteiger charge is 2.04. The molecule has 1 aromatic carbocycles. The Balaban J connectivity index is 0.00000121. The SMILES string of the molecule is Cl.N[C@@H](CF)c1cccc(O)c1. The van der Waals surface area contributed by atoms with Crippen LogP contribution in [0, 0.1) is 0 Å². The van der Waals surface area contributed by atoms with E-state index in [0.717, 1.165) is 0 Å². The number of phenolic OH excluding ortho intramolecular Hbond substituents is 1. The smallest absolute Gasteiger partial charge is 0.115 e. The number of nitrogens with two attached hydrogens (primary N) is 1. The van der Waals surface area contributed by atoms with Gasteiger partial charge in [0, 0.05) is 0 Å². The Hall–Kier alpha value is -0.800. The van der Waals surface area contributed by atoms with Crippen LogP contribution in [-0.4, -0.2) is 11.8 Å². The van der Waals surface area contributed by atoms with Crippen molar-refractivity contribution in [2.24, 2.45) is 5.73 Å². The van der Waals surface area contributed by atoms with Crippen molar-refractivity contribution in [3.05, 3.63) is 29.8 Å². The monoisotopic (exact) mass is 191 g/mol. The van der Waals surface area contributed by atoms with Crippen molar-refractivity contribution >= 4 is 12.4 Å². The minimum absolute atomic E-state index is 0. The predicted octanol–water partition coefficient (Wildman–Crippen LogP) is 1.78. The van der Waals surface area contributed by atoms with Gasteiger partial charge >= 0.3 is 0 Å². The van der Waals surface area contributed by atoms with E-state index in [1.54, 1.807) is 12.1 Å². The highest BCUT2D eigenvalue weighted by molar-refractivity contribution is 5.85. The lowest BCUT2D eigenvalue weighted by atomic mass is 10.1. The molecule has 1 atom stereocenters. The molecular formula is C8H11ClFNO. The number of hydrogen-bond acceptors (Lipinski definition) is 2. The Morgan fingerprint density at radius 2 is 2.17 bits per heavy atom. The van der Waals surface area contributed by atoms with Crippen molar-refractivity contribution in [2.75, 3.05) is 6.67 Å². The molecule has 0 unspecified atom stereocenters. The summed E-state index contributed by atoms with van der Waals surface area (Å²) in [7, 11) is 0. The van der Waals surface area contributed by atoms with E-state index in [9.17, 15) is 4.39 Å². The van der Waals surface area contributed by atoms with Crippen molar-refractivity contribution in [3.8, 4) is 5.75 Å². The Kier molecular flexibility index (Phi) is 4.62. The first-order chi connectivity index (χ1) is 5.24. The molecule has 12 heavy (non-hydrogen) atoms. The molecule has 0 aliphatic heterocycles. The average molecular weight is 192 g/mol. The van der Waals surface area contributed by atoms with Gasteiger partial charge in [0.05, 0.1) is 6.04 Å². The first kappa shape index (κ1) is 11.2. The molecule has 1 aromatic rings. The van der Waals surface area contributed by atoms with Gasteiger partial charge in [-0.15, -0.1) is 12.4 Å². The summed E-state index contributed by atoms with van der Waals surface area (Å²) in [6, 6.07) is 5.69. The van der Waals surface area contributed by atoms with Crippen LogP contribution in [0.5, 0.6) is 5.75 Å². The van der Waals surface area contributed by atoms with E-state index in [2.05, 4.69) is 0 Å². The van der Waals surface area contributed by atoms with Gasteiger partial charge in [0.1, 0.15) is 12.4 Å². The van der Waals surface area contributed by atoms with Crippen LogP contribution in [0.2, 0.25) is 0 Å². The molecule has 0 spiro atoms. The number of aromatic hydroxyl groups is 1. The summed E-state index contributed by atoms with van der Waals surface area (Å²) in [5, 5.41) is 8.98. The molecule has 1 rings (SSSR count). The third kappa shape index (κ3) is 2.68. The molecule has 0 heterocycles. The van der Waals surface area contributed by atoms with Crippen LogP contribution >= 0.6 is 12.4 Å². The van der Waals surface area contributed by atoms with E-state index in [0.29, 0.717) is 5.56 Å². The number of hydrogen-bond donors (Lipinski definition) is 2. The van der Waals surface area contributed by atoms with Crippen molar-refractivity contribution in [1.29, 1.82) is 0 Å². The van der Waals surface area contributed by atoms with Crippen molar-refractivity contribution < 1.29 is 9.50 Å². The quantitative estimate of drug-likeness (QED) is 0.749. The molecule has 0 aliphatic rings. The first-order valence-electron chi connectivity index (χ1n) is 3.34. The molecule has 68 valence electrons. The summed E-state index contributed by atoms with van der Waals surface area (Å²) >= 11 is 0. The summed E-state index contributed by atoms with van der Waals surface area (Å²) in [4.78, 5) is 0. The van der Waals surface area contributed by atoms with E-state index in [1.807, 2.05) is 0 Å². The number of phenols is 1. The summed E-state index contributed by atoms with van der Waals surface area (Å²) in [5.74, 6) is 0.117. The molecule has 0 aliphatic carbocycles. The van der Waals surface area contributed by atoms with E-state index < -0.39 is 12.7 Å². The number of alkyl halides is 1. The molecule has 0 amide bonds. The van der Waals surface area contributed by atoms with E-state index >= 15 is 0 Å². The van der Waals surface area contributed by atoms with Crippen LogP contribution in [0.25, 0.3) is 0 Å². The third-order valence-corrected chi connectivity index (χ3v) is 1.46. The maximum absolute atomic E-state index is 12.0. The molecule has 0 aromatic heterocycles. The van der Waals surface area contributed by atoms with E-state index in [-0.39, 0.29) is 18.2 Å². The lowest BCUT2D eigenvalue weighted by Crippen LogP contribution is -2.11.